The van der Waals surface area contributed by atoms with Gasteiger partial charge in [0, 0.05) is 0 Å². The van der Waals surface area contributed by atoms with E-state index < -0.39 is 0 Å². The Bertz CT molecular complexity index is 804. The summed E-state index contributed by atoms with van der Waals surface area (Å²) in [7, 11) is 1.38. The molecule has 0 radical (unpaired) electrons. The summed E-state index contributed by atoms with van der Waals surface area (Å²) in [5, 5.41) is 11.2. The second-order valence-corrected chi connectivity index (χ2v) is 4.78. The van der Waals surface area contributed by atoms with Crippen molar-refractivity contribution in [3.05, 3.63) is 66.2 Å². The van der Waals surface area contributed by atoms with Crippen LogP contribution in [0.5, 0.6) is 5.75 Å². The lowest BCUT2D eigenvalue weighted by atomic mass is 9.98. The Balaban J connectivity index is 2.13. The average molecular weight is 278 g/mol. The molecule has 1 N–H and O–H groups in total. The van der Waals surface area contributed by atoms with Crippen molar-refractivity contribution in [3.63, 3.8) is 0 Å². The molecule has 0 bridgehead atoms. The number of hydrogen-bond donors (Lipinski definition) is 1. The van der Waals surface area contributed by atoms with Crippen LogP contribution in [0.4, 0.5) is 0 Å². The third-order valence-electron chi connectivity index (χ3n) is 3.49. The van der Waals surface area contributed by atoms with E-state index in [0.29, 0.717) is 5.56 Å². The molecule has 3 nitrogen and oxygen atoms in total. The minimum atomic E-state index is -0.335. The lowest BCUT2D eigenvalue weighted by Gasteiger charge is -2.07. The van der Waals surface area contributed by atoms with Crippen molar-refractivity contribution in [1.82, 2.24) is 0 Å². The molecule has 0 atom stereocenters. The van der Waals surface area contributed by atoms with Crippen LogP contribution in [0.2, 0.25) is 0 Å². The summed E-state index contributed by atoms with van der Waals surface area (Å²) in [4.78, 5) is 11.8. The molecule has 3 rings (SSSR count). The van der Waals surface area contributed by atoms with E-state index in [1.165, 1.54) is 7.11 Å². The Kier molecular flexibility index (Phi) is 3.32. The van der Waals surface area contributed by atoms with Crippen LogP contribution in [0.25, 0.3) is 21.9 Å². The lowest BCUT2D eigenvalue weighted by molar-refractivity contribution is 0.0603. The zero-order valence-electron chi connectivity index (χ0n) is 11.5. The molecule has 0 amide bonds. The van der Waals surface area contributed by atoms with Gasteiger partial charge in [-0.25, -0.2) is 4.79 Å². The zero-order valence-corrected chi connectivity index (χ0v) is 11.5. The number of fused-ring (bicyclic) bond motifs is 1. The maximum absolute atomic E-state index is 11.8. The SMILES string of the molecule is COC(=O)c1cccc2cc(-c3ccc(O)cc3)ccc12. The van der Waals surface area contributed by atoms with Crippen LogP contribution in [0.15, 0.2) is 60.7 Å². The second kappa shape index (κ2) is 5.29. The topological polar surface area (TPSA) is 46.5 Å². The number of ether oxygens (including phenoxy) is 1. The van der Waals surface area contributed by atoms with Gasteiger partial charge >= 0.3 is 5.97 Å². The number of hydrogen-bond acceptors (Lipinski definition) is 3. The molecule has 21 heavy (non-hydrogen) atoms. The van der Waals surface area contributed by atoms with E-state index in [1.807, 2.05) is 42.5 Å². The van der Waals surface area contributed by atoms with Crippen molar-refractivity contribution >= 4 is 16.7 Å². The van der Waals surface area contributed by atoms with Crippen molar-refractivity contribution in [1.29, 1.82) is 0 Å². The van der Waals surface area contributed by atoms with Crippen molar-refractivity contribution in [2.45, 2.75) is 0 Å². The standard InChI is InChI=1S/C18H14O3/c1-21-18(20)17-4-2-3-14-11-13(7-10-16(14)17)12-5-8-15(19)9-6-12/h2-11,19H,1H3. The Morgan fingerprint density at radius 3 is 2.38 bits per heavy atom. The van der Waals surface area contributed by atoms with Crippen molar-refractivity contribution in [2.75, 3.05) is 7.11 Å². The van der Waals surface area contributed by atoms with E-state index in [4.69, 9.17) is 4.74 Å². The van der Waals surface area contributed by atoms with Crippen molar-refractivity contribution in [3.8, 4) is 16.9 Å². The summed E-state index contributed by atoms with van der Waals surface area (Å²) in [5.74, 6) is -0.0921. The molecule has 0 fully saturated rings. The first kappa shape index (κ1) is 13.2. The quantitative estimate of drug-likeness (QED) is 0.721. The molecule has 0 unspecified atom stereocenters. The molecule has 0 aliphatic heterocycles. The van der Waals surface area contributed by atoms with Gasteiger partial charge in [0.05, 0.1) is 12.7 Å². The van der Waals surface area contributed by atoms with Crippen LogP contribution < -0.4 is 0 Å². The van der Waals surface area contributed by atoms with E-state index in [2.05, 4.69) is 0 Å². The van der Waals surface area contributed by atoms with Crippen molar-refractivity contribution < 1.29 is 14.6 Å². The van der Waals surface area contributed by atoms with Gasteiger partial charge < -0.3 is 9.84 Å². The monoisotopic (exact) mass is 278 g/mol. The molecule has 3 heteroatoms. The van der Waals surface area contributed by atoms with Gasteiger partial charge in [0.25, 0.3) is 0 Å². The van der Waals surface area contributed by atoms with E-state index in [9.17, 15) is 9.90 Å². The molecular weight excluding hydrogens is 264 g/mol. The van der Waals surface area contributed by atoms with E-state index in [1.54, 1.807) is 18.2 Å². The highest BCUT2D eigenvalue weighted by Gasteiger charge is 2.10. The summed E-state index contributed by atoms with van der Waals surface area (Å²) >= 11 is 0. The third kappa shape index (κ3) is 2.46. The predicted molar refractivity (Wildman–Crippen MR) is 82.4 cm³/mol. The summed E-state index contributed by atoms with van der Waals surface area (Å²) in [6.07, 6.45) is 0. The Labute approximate surface area is 122 Å². The summed E-state index contributed by atoms with van der Waals surface area (Å²) < 4.78 is 4.81. The molecular formula is C18H14O3. The van der Waals surface area contributed by atoms with Gasteiger partial charge in [0.15, 0.2) is 0 Å². The van der Waals surface area contributed by atoms with E-state index in [-0.39, 0.29) is 11.7 Å². The Morgan fingerprint density at radius 1 is 0.952 bits per heavy atom. The van der Waals surface area contributed by atoms with E-state index in [0.717, 1.165) is 21.9 Å². The number of phenols is 1. The number of esters is 1. The molecule has 0 spiro atoms. The van der Waals surface area contributed by atoms with Gasteiger partial charge in [-0.1, -0.05) is 36.4 Å². The molecule has 0 aliphatic carbocycles. The maximum Gasteiger partial charge on any atom is 0.338 e. The average Bonchev–Trinajstić information content (AvgIpc) is 2.53. The minimum Gasteiger partial charge on any atom is -0.508 e. The number of carbonyl (C=O) groups is 1. The fraction of sp³-hybridized carbons (Fsp3) is 0.0556. The van der Waals surface area contributed by atoms with Crippen LogP contribution in [0.3, 0.4) is 0 Å². The highest BCUT2D eigenvalue weighted by atomic mass is 16.5. The highest BCUT2D eigenvalue weighted by molar-refractivity contribution is 6.05. The molecule has 0 saturated heterocycles. The van der Waals surface area contributed by atoms with Crippen LogP contribution in [0.1, 0.15) is 10.4 Å². The predicted octanol–water partition coefficient (Wildman–Crippen LogP) is 4.00. The fourth-order valence-electron chi connectivity index (χ4n) is 2.41. The normalized spacial score (nSPS) is 10.5. The van der Waals surface area contributed by atoms with E-state index >= 15 is 0 Å². The molecule has 3 aromatic carbocycles. The summed E-state index contributed by atoms with van der Waals surface area (Å²) in [5.41, 5.74) is 2.61. The number of phenolic OH excluding ortho intramolecular Hbond substituents is 1. The Morgan fingerprint density at radius 2 is 1.67 bits per heavy atom. The van der Waals surface area contributed by atoms with Gasteiger partial charge in [-0.3, -0.25) is 0 Å². The molecule has 0 saturated carbocycles. The number of benzene rings is 3. The van der Waals surface area contributed by atoms with Crippen LogP contribution in [0, 0.1) is 0 Å². The van der Waals surface area contributed by atoms with Crippen LogP contribution in [-0.2, 0) is 4.74 Å². The first-order valence-electron chi connectivity index (χ1n) is 6.59. The molecule has 0 aliphatic rings. The summed E-state index contributed by atoms with van der Waals surface area (Å²) in [6.45, 7) is 0. The van der Waals surface area contributed by atoms with Crippen LogP contribution >= 0.6 is 0 Å². The number of rotatable bonds is 2. The fourth-order valence-corrected chi connectivity index (χ4v) is 2.41. The molecule has 104 valence electrons. The van der Waals surface area contributed by atoms with Gasteiger partial charge in [0.1, 0.15) is 5.75 Å². The van der Waals surface area contributed by atoms with Gasteiger partial charge in [-0.2, -0.15) is 0 Å². The van der Waals surface area contributed by atoms with Crippen molar-refractivity contribution in [2.24, 2.45) is 0 Å². The number of aromatic hydroxyl groups is 1. The van der Waals surface area contributed by atoms with Crippen LogP contribution in [-0.4, -0.2) is 18.2 Å². The maximum atomic E-state index is 11.8. The molecule has 0 heterocycles. The second-order valence-electron chi connectivity index (χ2n) is 4.78. The first-order valence-corrected chi connectivity index (χ1v) is 6.59. The number of carbonyl (C=O) groups excluding carboxylic acids is 1. The van der Waals surface area contributed by atoms with Gasteiger partial charge in [0.2, 0.25) is 0 Å². The largest absolute Gasteiger partial charge is 0.508 e. The molecule has 3 aromatic rings. The number of methoxy groups -OCH3 is 1. The summed E-state index contributed by atoms with van der Waals surface area (Å²) in [6, 6.07) is 18.5. The molecule has 0 aromatic heterocycles. The zero-order chi connectivity index (χ0) is 14.8. The van der Waals surface area contributed by atoms with Gasteiger partial charge in [-0.05, 0) is 46.2 Å². The minimum absolute atomic E-state index is 0.243. The first-order chi connectivity index (χ1) is 10.2. The Hall–Kier alpha value is -2.81. The van der Waals surface area contributed by atoms with Gasteiger partial charge in [-0.15, -0.1) is 0 Å². The highest BCUT2D eigenvalue weighted by Crippen LogP contribution is 2.27. The smallest absolute Gasteiger partial charge is 0.338 e. The third-order valence-corrected chi connectivity index (χ3v) is 3.49. The lowest BCUT2D eigenvalue weighted by Crippen LogP contribution is -2.01.